The third-order valence-corrected chi connectivity index (χ3v) is 4.56. The molecule has 4 heterocycles. The van der Waals surface area contributed by atoms with Gasteiger partial charge in [0.15, 0.2) is 11.6 Å². The fourth-order valence-corrected chi connectivity index (χ4v) is 3.26. The second-order valence-corrected chi connectivity index (χ2v) is 6.16. The molecule has 0 saturated carbocycles. The highest BCUT2D eigenvalue weighted by Gasteiger charge is 2.27. The quantitative estimate of drug-likeness (QED) is 0.792. The molecule has 0 amide bonds. The largest absolute Gasteiger partial charge is 0.497 e. The van der Waals surface area contributed by atoms with Crippen molar-refractivity contribution >= 4 is 5.82 Å². The molecular weight excluding hydrogens is 316 g/mol. The van der Waals surface area contributed by atoms with Crippen molar-refractivity contribution in [3.63, 3.8) is 0 Å². The highest BCUT2D eigenvalue weighted by molar-refractivity contribution is 5.51. The van der Waals surface area contributed by atoms with Gasteiger partial charge < -0.3 is 14.6 Å². The van der Waals surface area contributed by atoms with Crippen molar-refractivity contribution in [2.24, 2.45) is 0 Å². The molecule has 0 radical (unpaired) electrons. The van der Waals surface area contributed by atoms with Gasteiger partial charge in [-0.25, -0.2) is 19.9 Å². The van der Waals surface area contributed by atoms with E-state index in [1.807, 2.05) is 25.3 Å². The number of methoxy groups -OCH3 is 1. The van der Waals surface area contributed by atoms with E-state index in [9.17, 15) is 0 Å². The van der Waals surface area contributed by atoms with Gasteiger partial charge in [0.2, 0.25) is 0 Å². The number of rotatable bonds is 3. The zero-order valence-corrected chi connectivity index (χ0v) is 14.5. The van der Waals surface area contributed by atoms with Gasteiger partial charge in [0.25, 0.3) is 0 Å². The first kappa shape index (κ1) is 15.6. The first-order chi connectivity index (χ1) is 12.2. The maximum absolute atomic E-state index is 5.39. The number of nitrogens with zero attached hydrogens (tertiary/aromatic N) is 5. The van der Waals surface area contributed by atoms with Gasteiger partial charge in [-0.1, -0.05) is 0 Å². The van der Waals surface area contributed by atoms with Crippen LogP contribution in [-0.4, -0.2) is 38.6 Å². The van der Waals surface area contributed by atoms with Crippen molar-refractivity contribution < 1.29 is 4.74 Å². The normalized spacial score (nSPS) is 16.6. The Hall–Kier alpha value is -2.96. The molecule has 1 N–H and O–H groups in total. The highest BCUT2D eigenvalue weighted by atomic mass is 16.5. The number of fused-ring (bicyclic) bond motifs is 1. The summed E-state index contributed by atoms with van der Waals surface area (Å²) >= 11 is 0. The monoisotopic (exact) mass is 336 g/mol. The SMILES string of the molecule is COc1cc(C)nc(N2CCc3nc(-c4ncc[nH]4)ncc3C2C)c1. The summed E-state index contributed by atoms with van der Waals surface area (Å²) in [5.74, 6) is 3.08. The standard InChI is InChI=1S/C18H20N6O/c1-11-8-13(25-3)9-16(22-11)24-7-4-15-14(12(24)2)10-21-18(23-15)17-19-5-6-20-17/h5-6,8-10,12H,4,7H2,1-3H3,(H,19,20). The number of aryl methyl sites for hydroxylation is 1. The van der Waals surface area contributed by atoms with Crippen molar-refractivity contribution in [1.29, 1.82) is 0 Å². The van der Waals surface area contributed by atoms with E-state index >= 15 is 0 Å². The second-order valence-electron chi connectivity index (χ2n) is 6.16. The van der Waals surface area contributed by atoms with Crippen LogP contribution in [0.5, 0.6) is 5.75 Å². The number of hydrogen-bond donors (Lipinski definition) is 1. The predicted molar refractivity (Wildman–Crippen MR) is 94.6 cm³/mol. The lowest BCUT2D eigenvalue weighted by molar-refractivity contribution is 0.413. The first-order valence-electron chi connectivity index (χ1n) is 8.30. The van der Waals surface area contributed by atoms with Crippen molar-refractivity contribution in [2.75, 3.05) is 18.6 Å². The predicted octanol–water partition coefficient (Wildman–Crippen LogP) is 2.70. The molecule has 3 aromatic rings. The van der Waals surface area contributed by atoms with Gasteiger partial charge in [0.1, 0.15) is 11.6 Å². The van der Waals surface area contributed by atoms with Crippen molar-refractivity contribution in [3.05, 3.63) is 47.7 Å². The molecule has 7 heteroatoms. The van der Waals surface area contributed by atoms with Crippen LogP contribution in [0.1, 0.15) is 29.9 Å². The molecule has 0 bridgehead atoms. The number of anilines is 1. The molecule has 3 aromatic heterocycles. The van der Waals surface area contributed by atoms with Gasteiger partial charge in [-0.2, -0.15) is 0 Å². The number of nitrogens with one attached hydrogen (secondary N) is 1. The van der Waals surface area contributed by atoms with E-state index in [1.54, 1.807) is 19.5 Å². The average Bonchev–Trinajstić information content (AvgIpc) is 3.16. The molecule has 1 atom stereocenters. The summed E-state index contributed by atoms with van der Waals surface area (Å²) in [7, 11) is 1.68. The number of aromatic amines is 1. The van der Waals surface area contributed by atoms with Crippen molar-refractivity contribution in [2.45, 2.75) is 26.3 Å². The van der Waals surface area contributed by atoms with Gasteiger partial charge in [-0.05, 0) is 13.8 Å². The van der Waals surface area contributed by atoms with Crippen LogP contribution in [0.25, 0.3) is 11.6 Å². The van der Waals surface area contributed by atoms with E-state index in [1.165, 1.54) is 0 Å². The van der Waals surface area contributed by atoms with Crippen LogP contribution in [0, 0.1) is 6.92 Å². The number of ether oxygens (including phenoxy) is 1. The molecule has 1 unspecified atom stereocenters. The van der Waals surface area contributed by atoms with E-state index in [0.29, 0.717) is 11.6 Å². The van der Waals surface area contributed by atoms with Gasteiger partial charge >= 0.3 is 0 Å². The van der Waals surface area contributed by atoms with E-state index < -0.39 is 0 Å². The van der Waals surface area contributed by atoms with Crippen LogP contribution in [0.2, 0.25) is 0 Å². The average molecular weight is 336 g/mol. The molecule has 7 nitrogen and oxygen atoms in total. The van der Waals surface area contributed by atoms with Crippen LogP contribution < -0.4 is 9.64 Å². The molecule has 0 aliphatic carbocycles. The van der Waals surface area contributed by atoms with Crippen molar-refractivity contribution in [1.82, 2.24) is 24.9 Å². The Labute approximate surface area is 146 Å². The summed E-state index contributed by atoms with van der Waals surface area (Å²) in [5, 5.41) is 0. The molecule has 0 aromatic carbocycles. The zero-order valence-electron chi connectivity index (χ0n) is 14.5. The molecule has 1 aliphatic heterocycles. The summed E-state index contributed by atoms with van der Waals surface area (Å²) in [4.78, 5) is 23.4. The molecule has 1 aliphatic rings. The molecule has 0 saturated heterocycles. The summed E-state index contributed by atoms with van der Waals surface area (Å²) < 4.78 is 5.39. The molecule has 0 fully saturated rings. The maximum atomic E-state index is 5.39. The summed E-state index contributed by atoms with van der Waals surface area (Å²) in [6.07, 6.45) is 6.23. The number of hydrogen-bond acceptors (Lipinski definition) is 6. The number of H-pyrrole nitrogens is 1. The zero-order chi connectivity index (χ0) is 17.4. The third kappa shape index (κ3) is 2.82. The minimum Gasteiger partial charge on any atom is -0.497 e. The minimum absolute atomic E-state index is 0.147. The highest BCUT2D eigenvalue weighted by Crippen LogP contribution is 2.33. The molecular formula is C18H20N6O. The van der Waals surface area contributed by atoms with Crippen LogP contribution in [-0.2, 0) is 6.42 Å². The second kappa shape index (κ2) is 6.16. The molecule has 4 rings (SSSR count). The summed E-state index contributed by atoms with van der Waals surface area (Å²) in [5.41, 5.74) is 3.14. The van der Waals surface area contributed by atoms with Gasteiger partial charge in [-0.3, -0.25) is 0 Å². The first-order valence-corrected chi connectivity index (χ1v) is 8.30. The topological polar surface area (TPSA) is 79.8 Å². The van der Waals surface area contributed by atoms with E-state index in [0.717, 1.165) is 41.5 Å². The molecule has 0 spiro atoms. The third-order valence-electron chi connectivity index (χ3n) is 4.56. The van der Waals surface area contributed by atoms with E-state index in [-0.39, 0.29) is 6.04 Å². The Morgan fingerprint density at radius 1 is 1.24 bits per heavy atom. The number of aromatic nitrogens is 5. The van der Waals surface area contributed by atoms with Crippen LogP contribution >= 0.6 is 0 Å². The smallest absolute Gasteiger partial charge is 0.195 e. The fraction of sp³-hybridized carbons (Fsp3) is 0.333. The number of pyridine rings is 1. The maximum Gasteiger partial charge on any atom is 0.195 e. The Bertz CT molecular complexity index is 893. The Balaban J connectivity index is 1.67. The van der Waals surface area contributed by atoms with Gasteiger partial charge in [-0.15, -0.1) is 0 Å². The lowest BCUT2D eigenvalue weighted by atomic mass is 9.99. The van der Waals surface area contributed by atoms with Crippen LogP contribution in [0.4, 0.5) is 5.82 Å². The fourth-order valence-electron chi connectivity index (χ4n) is 3.26. The van der Waals surface area contributed by atoms with Gasteiger partial charge in [0, 0.05) is 54.9 Å². The Morgan fingerprint density at radius 2 is 2.12 bits per heavy atom. The summed E-state index contributed by atoms with van der Waals surface area (Å²) in [6, 6.07) is 4.06. The molecule has 25 heavy (non-hydrogen) atoms. The molecule has 128 valence electrons. The Kier molecular flexibility index (Phi) is 3.83. The summed E-state index contributed by atoms with van der Waals surface area (Å²) in [6.45, 7) is 4.99. The Morgan fingerprint density at radius 3 is 2.88 bits per heavy atom. The lowest BCUT2D eigenvalue weighted by Gasteiger charge is -2.35. The number of imidazole rings is 1. The van der Waals surface area contributed by atoms with Crippen LogP contribution in [0.15, 0.2) is 30.7 Å². The lowest BCUT2D eigenvalue weighted by Crippen LogP contribution is -2.35. The van der Waals surface area contributed by atoms with E-state index in [2.05, 4.69) is 31.8 Å². The van der Waals surface area contributed by atoms with E-state index in [4.69, 9.17) is 9.72 Å². The van der Waals surface area contributed by atoms with Crippen LogP contribution in [0.3, 0.4) is 0 Å². The van der Waals surface area contributed by atoms with Crippen molar-refractivity contribution in [3.8, 4) is 17.4 Å². The van der Waals surface area contributed by atoms with Gasteiger partial charge in [0.05, 0.1) is 18.8 Å². The minimum atomic E-state index is 0.147.